The number of hydrogen-bond acceptors (Lipinski definition) is 2. The second-order valence-electron chi connectivity index (χ2n) is 3.23. The Hall–Kier alpha value is -0.150. The van der Waals surface area contributed by atoms with E-state index in [1.54, 1.807) is 0 Å². The van der Waals surface area contributed by atoms with Gasteiger partial charge in [0, 0.05) is 41.9 Å². The van der Waals surface area contributed by atoms with Gasteiger partial charge in [0.25, 0.3) is 0 Å². The first-order chi connectivity index (χ1) is 5.72. The summed E-state index contributed by atoms with van der Waals surface area (Å²) in [5.74, 6) is 1.69. The molecule has 1 aliphatic heterocycles. The van der Waals surface area contributed by atoms with E-state index in [2.05, 4.69) is 18.4 Å². The van der Waals surface area contributed by atoms with Gasteiger partial charge in [-0.3, -0.25) is 9.11 Å². The molecule has 1 fully saturated rings. The Bertz CT molecular complexity index is 181. The number of nitrogens with zero attached hydrogens (tertiary/aromatic N) is 1. The highest BCUT2D eigenvalue weighted by molar-refractivity contribution is 7.85. The molecule has 3 heteroatoms. The van der Waals surface area contributed by atoms with Gasteiger partial charge in [-0.1, -0.05) is 19.1 Å². The van der Waals surface area contributed by atoms with Crippen LogP contribution in [0.3, 0.4) is 0 Å². The summed E-state index contributed by atoms with van der Waals surface area (Å²) in [4.78, 5) is 2.34. The van der Waals surface area contributed by atoms with Crippen LogP contribution in [-0.4, -0.2) is 40.2 Å². The van der Waals surface area contributed by atoms with E-state index in [1.165, 1.54) is 5.57 Å². The van der Waals surface area contributed by atoms with Gasteiger partial charge in [0.2, 0.25) is 0 Å². The average Bonchev–Trinajstić information content (AvgIpc) is 2.09. The summed E-state index contributed by atoms with van der Waals surface area (Å²) < 4.78 is 11.0. The van der Waals surface area contributed by atoms with Crippen LogP contribution in [0, 0.1) is 0 Å². The van der Waals surface area contributed by atoms with Gasteiger partial charge in [0.15, 0.2) is 0 Å². The van der Waals surface area contributed by atoms with E-state index in [4.69, 9.17) is 0 Å². The van der Waals surface area contributed by atoms with E-state index >= 15 is 0 Å². The Kier molecular flexibility index (Phi) is 3.95. The summed E-state index contributed by atoms with van der Waals surface area (Å²) in [5.41, 5.74) is 1.28. The predicted molar refractivity (Wildman–Crippen MR) is 53.7 cm³/mol. The summed E-state index contributed by atoms with van der Waals surface area (Å²) in [6.07, 6.45) is 1.06. The topological polar surface area (TPSA) is 20.3 Å². The lowest BCUT2D eigenvalue weighted by molar-refractivity contribution is 0.323. The zero-order chi connectivity index (χ0) is 8.97. The molecule has 0 atom stereocenters. The van der Waals surface area contributed by atoms with Crippen molar-refractivity contribution < 1.29 is 4.21 Å². The molecule has 0 spiro atoms. The van der Waals surface area contributed by atoms with Crippen LogP contribution in [-0.2, 0) is 10.8 Å². The van der Waals surface area contributed by atoms with E-state index in [0.717, 1.165) is 37.6 Å². The lowest BCUT2D eigenvalue weighted by Gasteiger charge is -2.26. The summed E-state index contributed by atoms with van der Waals surface area (Å²) in [5, 5.41) is 0. The fourth-order valence-electron chi connectivity index (χ4n) is 1.26. The first-order valence-corrected chi connectivity index (χ1v) is 5.95. The second-order valence-corrected chi connectivity index (χ2v) is 4.92. The molecule has 1 aliphatic rings. The highest BCUT2D eigenvalue weighted by atomic mass is 32.2. The van der Waals surface area contributed by atoms with Gasteiger partial charge in [-0.25, -0.2) is 0 Å². The van der Waals surface area contributed by atoms with E-state index in [-0.39, 0.29) is 0 Å². The van der Waals surface area contributed by atoms with Crippen molar-refractivity contribution in [3.8, 4) is 0 Å². The summed E-state index contributed by atoms with van der Waals surface area (Å²) in [6.45, 7) is 9.05. The van der Waals surface area contributed by atoms with Crippen LogP contribution < -0.4 is 0 Å². The smallest absolute Gasteiger partial charge is 0.0363 e. The van der Waals surface area contributed by atoms with Crippen LogP contribution in [0.1, 0.15) is 13.3 Å². The van der Waals surface area contributed by atoms with Gasteiger partial charge in [0.05, 0.1) is 0 Å². The lowest BCUT2D eigenvalue weighted by Crippen LogP contribution is -2.38. The van der Waals surface area contributed by atoms with E-state index in [1.807, 2.05) is 0 Å². The molecule has 70 valence electrons. The highest BCUT2D eigenvalue weighted by Crippen LogP contribution is 2.05. The SMILES string of the molecule is C=C(CC)CN1CCS(=O)CC1. The molecule has 1 rings (SSSR count). The van der Waals surface area contributed by atoms with Crippen molar-refractivity contribution in [3.63, 3.8) is 0 Å². The molecular formula is C9H17NOS. The first-order valence-electron chi connectivity index (χ1n) is 4.46. The van der Waals surface area contributed by atoms with Gasteiger partial charge in [-0.15, -0.1) is 0 Å². The van der Waals surface area contributed by atoms with Crippen LogP contribution in [0.15, 0.2) is 12.2 Å². The monoisotopic (exact) mass is 187 g/mol. The zero-order valence-corrected chi connectivity index (χ0v) is 8.53. The lowest BCUT2D eigenvalue weighted by atomic mass is 10.2. The van der Waals surface area contributed by atoms with E-state index in [0.29, 0.717) is 0 Å². The molecule has 0 bridgehead atoms. The van der Waals surface area contributed by atoms with E-state index in [9.17, 15) is 4.21 Å². The predicted octanol–water partition coefficient (Wildman–Crippen LogP) is 1.02. The maximum absolute atomic E-state index is 11.0. The molecular weight excluding hydrogens is 170 g/mol. The van der Waals surface area contributed by atoms with Gasteiger partial charge in [-0.05, 0) is 6.42 Å². The summed E-state index contributed by atoms with van der Waals surface area (Å²) in [7, 11) is -0.549. The molecule has 0 unspecified atom stereocenters. The average molecular weight is 187 g/mol. The minimum Gasteiger partial charge on any atom is -0.298 e. The standard InChI is InChI=1S/C9H17NOS/c1-3-9(2)8-10-4-6-12(11)7-5-10/h2-8H2,1H3. The Morgan fingerprint density at radius 3 is 2.58 bits per heavy atom. The summed E-state index contributed by atoms with van der Waals surface area (Å²) >= 11 is 0. The molecule has 0 aromatic carbocycles. The minimum atomic E-state index is -0.549. The fourth-order valence-corrected chi connectivity index (χ4v) is 2.39. The third-order valence-electron chi connectivity index (χ3n) is 2.22. The quantitative estimate of drug-likeness (QED) is 0.615. The molecule has 1 heterocycles. The normalized spacial score (nSPS) is 21.1. The molecule has 0 aliphatic carbocycles. The summed E-state index contributed by atoms with van der Waals surface area (Å²) in [6, 6.07) is 0. The van der Waals surface area contributed by atoms with Crippen molar-refractivity contribution in [2.75, 3.05) is 31.1 Å². The third kappa shape index (κ3) is 3.07. The highest BCUT2D eigenvalue weighted by Gasteiger charge is 2.14. The van der Waals surface area contributed by atoms with Crippen molar-refractivity contribution in [3.05, 3.63) is 12.2 Å². The first kappa shape index (κ1) is 9.93. The Labute approximate surface area is 77.1 Å². The number of hydrogen-bond donors (Lipinski definition) is 0. The van der Waals surface area contributed by atoms with Crippen LogP contribution in [0.25, 0.3) is 0 Å². The van der Waals surface area contributed by atoms with Gasteiger partial charge in [-0.2, -0.15) is 0 Å². The van der Waals surface area contributed by atoms with Crippen molar-refractivity contribution in [2.24, 2.45) is 0 Å². The minimum absolute atomic E-state index is 0.549. The molecule has 0 aromatic rings. The molecule has 0 aromatic heterocycles. The van der Waals surface area contributed by atoms with E-state index < -0.39 is 10.8 Å². The van der Waals surface area contributed by atoms with Crippen LogP contribution >= 0.6 is 0 Å². The largest absolute Gasteiger partial charge is 0.298 e. The molecule has 0 saturated carbocycles. The Balaban J connectivity index is 2.26. The zero-order valence-electron chi connectivity index (χ0n) is 7.71. The van der Waals surface area contributed by atoms with Crippen LogP contribution in [0.4, 0.5) is 0 Å². The van der Waals surface area contributed by atoms with Gasteiger partial charge >= 0.3 is 0 Å². The fraction of sp³-hybridized carbons (Fsp3) is 0.778. The maximum Gasteiger partial charge on any atom is 0.0363 e. The van der Waals surface area contributed by atoms with Gasteiger partial charge < -0.3 is 0 Å². The van der Waals surface area contributed by atoms with Crippen LogP contribution in [0.2, 0.25) is 0 Å². The van der Waals surface area contributed by atoms with Crippen molar-refractivity contribution >= 4 is 10.8 Å². The third-order valence-corrected chi connectivity index (χ3v) is 3.49. The van der Waals surface area contributed by atoms with Crippen molar-refractivity contribution in [1.29, 1.82) is 0 Å². The second kappa shape index (κ2) is 4.77. The number of rotatable bonds is 3. The molecule has 1 saturated heterocycles. The Morgan fingerprint density at radius 2 is 2.08 bits per heavy atom. The molecule has 12 heavy (non-hydrogen) atoms. The van der Waals surface area contributed by atoms with Crippen molar-refractivity contribution in [2.45, 2.75) is 13.3 Å². The molecule has 0 amide bonds. The van der Waals surface area contributed by atoms with Crippen molar-refractivity contribution in [1.82, 2.24) is 4.90 Å². The molecule has 0 N–H and O–H groups in total. The molecule has 2 nitrogen and oxygen atoms in total. The van der Waals surface area contributed by atoms with Gasteiger partial charge in [0.1, 0.15) is 0 Å². The maximum atomic E-state index is 11.0. The Morgan fingerprint density at radius 1 is 1.50 bits per heavy atom. The molecule has 0 radical (unpaired) electrons. The van der Waals surface area contributed by atoms with Crippen LogP contribution in [0.5, 0.6) is 0 Å².